The molecule has 0 bridgehead atoms. The molecule has 1 aliphatic carbocycles. The van der Waals surface area contributed by atoms with Crippen molar-refractivity contribution in [3.8, 4) is 5.75 Å². The van der Waals surface area contributed by atoms with Crippen LogP contribution >= 0.6 is 15.9 Å². The molecule has 21 heavy (non-hydrogen) atoms. The van der Waals surface area contributed by atoms with Crippen molar-refractivity contribution < 1.29 is 9.53 Å². The van der Waals surface area contributed by atoms with E-state index in [-0.39, 0.29) is 5.91 Å². The first kappa shape index (κ1) is 16.3. The molecule has 3 nitrogen and oxygen atoms in total. The van der Waals surface area contributed by atoms with E-state index in [1.165, 1.54) is 12.0 Å². The van der Waals surface area contributed by atoms with Crippen molar-refractivity contribution >= 4 is 21.8 Å². The molecular weight excluding hydrogens is 330 g/mol. The predicted molar refractivity (Wildman–Crippen MR) is 89.1 cm³/mol. The molecule has 1 fully saturated rings. The highest BCUT2D eigenvalue weighted by Gasteiger charge is 2.27. The summed E-state index contributed by atoms with van der Waals surface area (Å²) in [6.07, 6.45) is 5.05. The molecule has 1 amide bonds. The summed E-state index contributed by atoms with van der Waals surface area (Å²) in [6.45, 7) is 3.36. The van der Waals surface area contributed by atoms with Crippen molar-refractivity contribution in [2.75, 3.05) is 18.5 Å². The van der Waals surface area contributed by atoms with Crippen molar-refractivity contribution in [3.05, 3.63) is 29.8 Å². The van der Waals surface area contributed by atoms with Gasteiger partial charge in [-0.2, -0.15) is 0 Å². The van der Waals surface area contributed by atoms with Crippen LogP contribution in [0, 0.1) is 6.92 Å². The molecule has 0 radical (unpaired) electrons. The molecule has 0 unspecified atom stereocenters. The average molecular weight is 354 g/mol. The second-order valence-electron chi connectivity index (χ2n) is 5.63. The summed E-state index contributed by atoms with van der Waals surface area (Å²) in [4.78, 5) is 14.4. The molecule has 0 aromatic heterocycles. The van der Waals surface area contributed by atoms with E-state index in [1.807, 2.05) is 31.2 Å². The lowest BCUT2D eigenvalue weighted by molar-refractivity contribution is -0.135. The topological polar surface area (TPSA) is 29.5 Å². The number of halogens is 1. The molecule has 1 saturated carbocycles. The van der Waals surface area contributed by atoms with Gasteiger partial charge in [-0.1, -0.05) is 28.1 Å². The molecule has 0 N–H and O–H groups in total. The van der Waals surface area contributed by atoms with E-state index >= 15 is 0 Å². The van der Waals surface area contributed by atoms with Crippen LogP contribution in [-0.4, -0.2) is 35.3 Å². The van der Waals surface area contributed by atoms with Crippen molar-refractivity contribution in [1.82, 2.24) is 4.90 Å². The molecule has 0 aliphatic heterocycles. The molecule has 1 aromatic rings. The third-order valence-electron chi connectivity index (χ3n) is 3.94. The van der Waals surface area contributed by atoms with Gasteiger partial charge in [0, 0.05) is 17.9 Å². The monoisotopic (exact) mass is 353 g/mol. The van der Waals surface area contributed by atoms with Crippen LogP contribution in [-0.2, 0) is 4.79 Å². The fourth-order valence-electron chi connectivity index (χ4n) is 2.54. The van der Waals surface area contributed by atoms with E-state index in [2.05, 4.69) is 20.8 Å². The van der Waals surface area contributed by atoms with Gasteiger partial charge in [0.2, 0.25) is 5.91 Å². The summed E-state index contributed by atoms with van der Waals surface area (Å²) in [5.74, 6) is 1.08. The van der Waals surface area contributed by atoms with Crippen molar-refractivity contribution in [2.45, 2.75) is 45.1 Å². The lowest BCUT2D eigenvalue weighted by atomic mass is 9.91. The third-order valence-corrected chi connectivity index (χ3v) is 4.50. The Kier molecular flexibility index (Phi) is 6.55. The van der Waals surface area contributed by atoms with E-state index < -0.39 is 0 Å². The molecule has 0 atom stereocenters. The first-order chi connectivity index (χ1) is 10.2. The van der Waals surface area contributed by atoms with E-state index in [0.717, 1.165) is 36.9 Å². The van der Waals surface area contributed by atoms with E-state index in [0.29, 0.717) is 19.1 Å². The zero-order valence-electron chi connectivity index (χ0n) is 12.7. The second kappa shape index (κ2) is 8.42. The highest BCUT2D eigenvalue weighted by Crippen LogP contribution is 2.25. The largest absolute Gasteiger partial charge is 0.493 e. The minimum atomic E-state index is 0.230. The Bertz CT molecular complexity index is 460. The molecule has 1 aliphatic rings. The first-order valence-corrected chi connectivity index (χ1v) is 8.88. The van der Waals surface area contributed by atoms with Gasteiger partial charge in [0.05, 0.1) is 13.0 Å². The summed E-state index contributed by atoms with van der Waals surface area (Å²) in [5.41, 5.74) is 1.17. The average Bonchev–Trinajstić information content (AvgIpc) is 2.41. The number of ether oxygens (including phenoxy) is 1. The maximum Gasteiger partial charge on any atom is 0.226 e. The minimum absolute atomic E-state index is 0.230. The highest BCUT2D eigenvalue weighted by molar-refractivity contribution is 9.09. The molecule has 0 spiro atoms. The molecule has 116 valence electrons. The SMILES string of the molecule is Cc1cccc(OCCC(=O)N(CCCBr)C2CCC2)c1. The summed E-state index contributed by atoms with van der Waals surface area (Å²) in [6, 6.07) is 8.42. The number of amides is 1. The van der Waals surface area contributed by atoms with Gasteiger partial charge in [-0.25, -0.2) is 0 Å². The number of aryl methyl sites for hydroxylation is 1. The maximum absolute atomic E-state index is 12.4. The quantitative estimate of drug-likeness (QED) is 0.662. The van der Waals surface area contributed by atoms with Crippen LogP contribution < -0.4 is 4.74 Å². The van der Waals surface area contributed by atoms with E-state index in [4.69, 9.17) is 4.74 Å². The Morgan fingerprint density at radius 2 is 2.24 bits per heavy atom. The number of hydrogen-bond acceptors (Lipinski definition) is 2. The molecule has 0 saturated heterocycles. The van der Waals surface area contributed by atoms with Gasteiger partial charge in [0.15, 0.2) is 0 Å². The number of carbonyl (C=O) groups is 1. The van der Waals surface area contributed by atoms with Crippen LogP contribution in [0.4, 0.5) is 0 Å². The Labute approximate surface area is 135 Å². The summed E-state index contributed by atoms with van der Waals surface area (Å²) in [7, 11) is 0. The van der Waals surface area contributed by atoms with Crippen LogP contribution in [0.2, 0.25) is 0 Å². The number of alkyl halides is 1. The van der Waals surface area contributed by atoms with Crippen molar-refractivity contribution in [2.24, 2.45) is 0 Å². The fourth-order valence-corrected chi connectivity index (χ4v) is 2.80. The predicted octanol–water partition coefficient (Wildman–Crippen LogP) is 3.93. The Morgan fingerprint density at radius 3 is 2.86 bits per heavy atom. The van der Waals surface area contributed by atoms with Crippen molar-refractivity contribution in [3.63, 3.8) is 0 Å². The smallest absolute Gasteiger partial charge is 0.226 e. The van der Waals surface area contributed by atoms with Gasteiger partial charge in [-0.3, -0.25) is 4.79 Å². The van der Waals surface area contributed by atoms with E-state index in [1.54, 1.807) is 0 Å². The summed E-state index contributed by atoms with van der Waals surface area (Å²) in [5, 5.41) is 0.948. The van der Waals surface area contributed by atoms with Crippen LogP contribution in [0.5, 0.6) is 5.75 Å². The third kappa shape index (κ3) is 5.03. The Balaban J connectivity index is 1.78. The molecular formula is C17H24BrNO2. The van der Waals surface area contributed by atoms with Gasteiger partial charge in [0.1, 0.15) is 5.75 Å². The molecule has 2 rings (SSSR count). The van der Waals surface area contributed by atoms with Crippen LogP contribution in [0.15, 0.2) is 24.3 Å². The number of hydrogen-bond donors (Lipinski definition) is 0. The van der Waals surface area contributed by atoms with Gasteiger partial charge in [-0.05, 0) is 50.3 Å². The number of benzene rings is 1. The number of nitrogens with zero attached hydrogens (tertiary/aromatic N) is 1. The number of carbonyl (C=O) groups excluding carboxylic acids is 1. The van der Waals surface area contributed by atoms with Gasteiger partial charge < -0.3 is 9.64 Å². The zero-order chi connectivity index (χ0) is 15.1. The minimum Gasteiger partial charge on any atom is -0.493 e. The van der Waals surface area contributed by atoms with Crippen LogP contribution in [0.25, 0.3) is 0 Å². The summed E-state index contributed by atoms with van der Waals surface area (Å²) >= 11 is 3.44. The molecule has 4 heteroatoms. The maximum atomic E-state index is 12.4. The normalized spacial score (nSPS) is 14.6. The van der Waals surface area contributed by atoms with Crippen LogP contribution in [0.3, 0.4) is 0 Å². The fraction of sp³-hybridized carbons (Fsp3) is 0.588. The van der Waals surface area contributed by atoms with Gasteiger partial charge in [0.25, 0.3) is 0 Å². The zero-order valence-corrected chi connectivity index (χ0v) is 14.3. The molecule has 1 aromatic carbocycles. The second-order valence-corrected chi connectivity index (χ2v) is 6.42. The van der Waals surface area contributed by atoms with Gasteiger partial charge >= 0.3 is 0 Å². The van der Waals surface area contributed by atoms with Gasteiger partial charge in [-0.15, -0.1) is 0 Å². The first-order valence-electron chi connectivity index (χ1n) is 7.75. The highest BCUT2D eigenvalue weighted by atomic mass is 79.9. The van der Waals surface area contributed by atoms with Crippen LogP contribution in [0.1, 0.15) is 37.7 Å². The van der Waals surface area contributed by atoms with E-state index in [9.17, 15) is 4.79 Å². The lowest BCUT2D eigenvalue weighted by Crippen LogP contribution is -2.45. The Morgan fingerprint density at radius 1 is 1.43 bits per heavy atom. The lowest BCUT2D eigenvalue weighted by Gasteiger charge is -2.37. The standard InChI is InChI=1S/C17H24BrNO2/c1-14-5-2-8-16(13-14)21-12-9-17(20)19(11-4-10-18)15-6-3-7-15/h2,5,8,13,15H,3-4,6-7,9-12H2,1H3. The Hall–Kier alpha value is -1.03. The molecule has 0 heterocycles. The summed E-state index contributed by atoms with van der Waals surface area (Å²) < 4.78 is 5.69. The number of rotatable bonds is 8. The van der Waals surface area contributed by atoms with Crippen molar-refractivity contribution in [1.29, 1.82) is 0 Å².